The van der Waals surface area contributed by atoms with E-state index in [1.54, 1.807) is 0 Å². The Bertz CT molecular complexity index is 4000. The van der Waals surface area contributed by atoms with Gasteiger partial charge >= 0.3 is 0 Å². The Morgan fingerprint density at radius 2 is 0.779 bits per heavy atom. The minimum atomic E-state index is -0.00844. The van der Waals surface area contributed by atoms with Crippen LogP contribution >= 0.6 is 0 Å². The lowest BCUT2D eigenvalue weighted by Gasteiger charge is -2.38. The molecule has 0 saturated heterocycles. The molecule has 0 aliphatic heterocycles. The summed E-state index contributed by atoms with van der Waals surface area (Å²) < 4.78 is 5.04. The van der Waals surface area contributed by atoms with Gasteiger partial charge in [-0.3, -0.25) is 0 Å². The minimum absolute atomic E-state index is 0.00844. The Labute approximate surface area is 394 Å². The summed E-state index contributed by atoms with van der Waals surface area (Å²) in [6.45, 7) is 2.39. The van der Waals surface area contributed by atoms with E-state index < -0.39 is 0 Å². The third-order valence-corrected chi connectivity index (χ3v) is 14.7. The van der Waals surface area contributed by atoms with Gasteiger partial charge in [-0.2, -0.15) is 0 Å². The smallest absolute Gasteiger partial charge is 0.0586 e. The van der Waals surface area contributed by atoms with Crippen LogP contribution in [0, 0.1) is 5.92 Å². The molecule has 0 N–H and O–H groups in total. The molecular formula is C65H45N3. The van der Waals surface area contributed by atoms with Crippen LogP contribution in [0.3, 0.4) is 0 Å². The van der Waals surface area contributed by atoms with Crippen LogP contribution in [-0.2, 0) is 0 Å². The summed E-state index contributed by atoms with van der Waals surface area (Å²) in [6.07, 6.45) is 7.28. The molecule has 3 nitrogen and oxygen atoms in total. The predicted molar refractivity (Wildman–Crippen MR) is 290 cm³/mol. The SMILES string of the molecule is CC1C=C(c2ccccc2)C=CC1N(c1cccc2c1c1ccccc1n2-c1cc2ccccc2c2ccccc12)c1cccc2c1c1ccccc1n2-c1cc2ccccc2c2ccccc12. The topological polar surface area (TPSA) is 13.1 Å². The second-order valence-corrected chi connectivity index (χ2v) is 18.4. The average molecular weight is 868 g/mol. The van der Waals surface area contributed by atoms with Gasteiger partial charge in [-0.25, -0.2) is 0 Å². The molecule has 2 aromatic heterocycles. The third kappa shape index (κ3) is 5.72. The molecule has 14 rings (SSSR count). The second kappa shape index (κ2) is 15.2. The lowest BCUT2D eigenvalue weighted by Crippen LogP contribution is -2.35. The van der Waals surface area contributed by atoms with Gasteiger partial charge in [-0.15, -0.1) is 0 Å². The molecule has 2 unspecified atom stereocenters. The number of allylic oxidation sites excluding steroid dienone is 2. The fourth-order valence-corrected chi connectivity index (χ4v) is 11.8. The normalized spacial score (nSPS) is 15.2. The summed E-state index contributed by atoms with van der Waals surface area (Å²) in [6, 6.07) is 82.9. The number of fused-ring (bicyclic) bond motifs is 12. The van der Waals surface area contributed by atoms with Crippen molar-refractivity contribution in [3.63, 3.8) is 0 Å². The molecule has 1 aliphatic carbocycles. The number of benzene rings is 11. The highest BCUT2D eigenvalue weighted by Gasteiger charge is 2.31. The summed E-state index contributed by atoms with van der Waals surface area (Å²) >= 11 is 0. The van der Waals surface area contributed by atoms with Crippen molar-refractivity contribution in [2.45, 2.75) is 13.0 Å². The molecule has 2 atom stereocenters. The minimum Gasteiger partial charge on any atom is -0.333 e. The van der Waals surface area contributed by atoms with Crippen molar-refractivity contribution in [2.75, 3.05) is 4.90 Å². The van der Waals surface area contributed by atoms with E-state index in [2.05, 4.69) is 264 Å². The zero-order valence-corrected chi connectivity index (χ0v) is 37.6. The lowest BCUT2D eigenvalue weighted by molar-refractivity contribution is 0.613. The van der Waals surface area contributed by atoms with Crippen molar-refractivity contribution in [1.82, 2.24) is 9.13 Å². The first-order chi connectivity index (χ1) is 33.7. The van der Waals surface area contributed by atoms with Crippen molar-refractivity contribution in [2.24, 2.45) is 5.92 Å². The largest absolute Gasteiger partial charge is 0.333 e. The maximum Gasteiger partial charge on any atom is 0.0586 e. The molecule has 320 valence electrons. The van der Waals surface area contributed by atoms with Crippen molar-refractivity contribution in [3.05, 3.63) is 248 Å². The number of aromatic nitrogens is 2. The molecule has 0 bridgehead atoms. The van der Waals surface area contributed by atoms with E-state index >= 15 is 0 Å². The summed E-state index contributed by atoms with van der Waals surface area (Å²) in [7, 11) is 0. The fourth-order valence-electron chi connectivity index (χ4n) is 11.8. The second-order valence-electron chi connectivity index (χ2n) is 18.4. The summed E-state index contributed by atoms with van der Waals surface area (Å²) in [5, 5.41) is 14.9. The number of anilines is 2. The van der Waals surface area contributed by atoms with Crippen LogP contribution in [0.25, 0.3) is 104 Å². The Hall–Kier alpha value is -8.66. The highest BCUT2D eigenvalue weighted by Crippen LogP contribution is 2.49. The van der Waals surface area contributed by atoms with Crippen LogP contribution in [0.5, 0.6) is 0 Å². The maximum atomic E-state index is 2.68. The highest BCUT2D eigenvalue weighted by molar-refractivity contribution is 6.22. The zero-order valence-electron chi connectivity index (χ0n) is 37.6. The van der Waals surface area contributed by atoms with Crippen molar-refractivity contribution in [1.29, 1.82) is 0 Å². The number of hydrogen-bond donors (Lipinski definition) is 0. The van der Waals surface area contributed by atoms with E-state index in [1.165, 1.54) is 121 Å². The van der Waals surface area contributed by atoms with Crippen LogP contribution in [0.15, 0.2) is 243 Å². The molecule has 1 aliphatic rings. The molecule has 68 heavy (non-hydrogen) atoms. The number of nitrogens with zero attached hydrogens (tertiary/aromatic N) is 3. The summed E-state index contributed by atoms with van der Waals surface area (Å²) in [5.41, 5.74) is 12.0. The average Bonchev–Trinajstić information content (AvgIpc) is 3.93. The van der Waals surface area contributed by atoms with Crippen LogP contribution in [0.2, 0.25) is 0 Å². The molecule has 3 heteroatoms. The standard InChI is InChI=1S/C65H45N3/c1-42-39-44(43-19-3-2-4-20-43)37-38-55(42)66(58-33-17-35-60-64(58)53-29-13-15-31-56(53)67(60)62-40-45-21-5-7-23-47(45)49-25-9-11-27-51(49)62)59-34-18-36-61-65(59)54-30-14-16-32-57(54)68(61)63-41-46-22-6-8-24-48(46)50-26-10-12-28-52(50)63/h2-42,55H,1H3. The van der Waals surface area contributed by atoms with Crippen LogP contribution < -0.4 is 4.90 Å². The molecule has 11 aromatic carbocycles. The van der Waals surface area contributed by atoms with Crippen LogP contribution in [0.1, 0.15) is 12.5 Å². The van der Waals surface area contributed by atoms with E-state index in [4.69, 9.17) is 0 Å². The molecule has 13 aromatic rings. The van der Waals surface area contributed by atoms with E-state index in [1.807, 2.05) is 0 Å². The third-order valence-electron chi connectivity index (χ3n) is 14.7. The highest BCUT2D eigenvalue weighted by atomic mass is 15.2. The van der Waals surface area contributed by atoms with Gasteiger partial charge in [0.25, 0.3) is 0 Å². The van der Waals surface area contributed by atoms with Crippen molar-refractivity contribution < 1.29 is 0 Å². The molecule has 0 amide bonds. The Balaban J connectivity index is 1.08. The predicted octanol–water partition coefficient (Wildman–Crippen LogP) is 17.3. The quantitative estimate of drug-likeness (QED) is 0.152. The molecular weight excluding hydrogens is 823 g/mol. The Kier molecular flexibility index (Phi) is 8.63. The van der Waals surface area contributed by atoms with Crippen molar-refractivity contribution >= 4 is 104 Å². The van der Waals surface area contributed by atoms with Gasteiger partial charge in [0.2, 0.25) is 0 Å². The number of rotatable bonds is 6. The summed E-state index contributed by atoms with van der Waals surface area (Å²) in [5.74, 6) is 0.163. The van der Waals surface area contributed by atoms with E-state index in [9.17, 15) is 0 Å². The molecule has 0 radical (unpaired) electrons. The molecule has 0 saturated carbocycles. The first kappa shape index (κ1) is 38.6. The van der Waals surface area contributed by atoms with E-state index in [0.29, 0.717) is 0 Å². The summed E-state index contributed by atoms with van der Waals surface area (Å²) in [4.78, 5) is 2.68. The molecule has 2 heterocycles. The van der Waals surface area contributed by atoms with Gasteiger partial charge in [0.1, 0.15) is 0 Å². The number of hydrogen-bond acceptors (Lipinski definition) is 1. The lowest BCUT2D eigenvalue weighted by atomic mass is 9.88. The van der Waals surface area contributed by atoms with Crippen LogP contribution in [0.4, 0.5) is 11.4 Å². The monoisotopic (exact) mass is 867 g/mol. The fraction of sp³-hybridized carbons (Fsp3) is 0.0462. The van der Waals surface area contributed by atoms with Gasteiger partial charge < -0.3 is 14.0 Å². The van der Waals surface area contributed by atoms with Gasteiger partial charge in [-0.05, 0) is 97.9 Å². The molecule has 0 spiro atoms. The van der Waals surface area contributed by atoms with E-state index in [-0.39, 0.29) is 12.0 Å². The van der Waals surface area contributed by atoms with Crippen LogP contribution in [-0.4, -0.2) is 15.2 Å². The Morgan fingerprint density at radius 3 is 1.28 bits per heavy atom. The van der Waals surface area contributed by atoms with Crippen molar-refractivity contribution in [3.8, 4) is 11.4 Å². The van der Waals surface area contributed by atoms with Gasteiger partial charge in [0.15, 0.2) is 0 Å². The number of para-hydroxylation sites is 2. The van der Waals surface area contributed by atoms with Gasteiger partial charge in [-0.1, -0.05) is 201 Å². The molecule has 0 fully saturated rings. The van der Waals surface area contributed by atoms with Gasteiger partial charge in [0, 0.05) is 32.3 Å². The first-order valence-corrected chi connectivity index (χ1v) is 23.8. The maximum absolute atomic E-state index is 2.68. The van der Waals surface area contributed by atoms with E-state index in [0.717, 1.165) is 0 Å². The zero-order chi connectivity index (χ0) is 44.9. The Morgan fingerprint density at radius 1 is 0.368 bits per heavy atom. The first-order valence-electron chi connectivity index (χ1n) is 23.8. The van der Waals surface area contributed by atoms with Gasteiger partial charge in [0.05, 0.1) is 50.9 Å².